The summed E-state index contributed by atoms with van der Waals surface area (Å²) in [5.41, 5.74) is 0.850. The number of rotatable bonds is 7. The molecule has 2 atom stereocenters. The highest BCUT2D eigenvalue weighted by Crippen LogP contribution is 2.28. The average Bonchev–Trinajstić information content (AvgIpc) is 3.26. The van der Waals surface area contributed by atoms with Gasteiger partial charge in [-0.05, 0) is 42.7 Å². The highest BCUT2D eigenvalue weighted by Gasteiger charge is 2.35. The smallest absolute Gasteiger partial charge is 0.258 e. The van der Waals surface area contributed by atoms with E-state index >= 15 is 0 Å². The van der Waals surface area contributed by atoms with Crippen molar-refractivity contribution in [3.8, 4) is 11.5 Å². The first kappa shape index (κ1) is 21.6. The lowest BCUT2D eigenvalue weighted by Gasteiger charge is -2.25. The molecule has 8 heteroatoms. The molecular weight excluding hydrogens is 391 g/mol. The van der Waals surface area contributed by atoms with Gasteiger partial charge in [0.1, 0.15) is 23.4 Å². The molecule has 3 rings (SSSR count). The number of carbonyl (C=O) groups is 2. The maximum absolute atomic E-state index is 13.1. The summed E-state index contributed by atoms with van der Waals surface area (Å²) in [6, 6.07) is 9.70. The Hall–Kier alpha value is -3.13. The number of aliphatic hydroxyl groups is 1. The third kappa shape index (κ3) is 4.71. The van der Waals surface area contributed by atoms with Crippen LogP contribution in [-0.2, 0) is 4.79 Å². The molecule has 0 spiro atoms. The van der Waals surface area contributed by atoms with E-state index < -0.39 is 18.0 Å². The van der Waals surface area contributed by atoms with Crippen molar-refractivity contribution in [3.05, 3.63) is 59.4 Å². The number of nitrogens with one attached hydrogen (secondary N) is 1. The van der Waals surface area contributed by atoms with Crippen LogP contribution in [0.5, 0.6) is 11.5 Å². The average molecular weight is 416 g/mol. The molecule has 1 aliphatic rings. The maximum atomic E-state index is 13.1. The number of carbonyl (C=O) groups excluding carboxylic acids is 2. The van der Waals surface area contributed by atoms with Gasteiger partial charge in [-0.15, -0.1) is 0 Å². The highest BCUT2D eigenvalue weighted by molar-refractivity contribution is 6.00. The number of amides is 2. The van der Waals surface area contributed by atoms with Crippen LogP contribution >= 0.6 is 0 Å². The van der Waals surface area contributed by atoms with E-state index in [1.807, 2.05) is 0 Å². The van der Waals surface area contributed by atoms with Crippen LogP contribution in [0.3, 0.4) is 0 Å². The third-order valence-electron chi connectivity index (χ3n) is 5.18. The Morgan fingerprint density at radius 3 is 2.60 bits per heavy atom. The predicted octanol–water partition coefficient (Wildman–Crippen LogP) is 2.30. The normalized spacial score (nSPS) is 16.8. The summed E-state index contributed by atoms with van der Waals surface area (Å²) in [6.45, 7) is 0.418. The van der Waals surface area contributed by atoms with Crippen molar-refractivity contribution in [2.24, 2.45) is 0 Å². The van der Waals surface area contributed by atoms with Crippen molar-refractivity contribution in [1.82, 2.24) is 10.2 Å². The number of hydrogen-bond acceptors (Lipinski definition) is 5. The van der Waals surface area contributed by atoms with E-state index in [2.05, 4.69) is 5.32 Å². The number of methoxy groups -OCH3 is 2. The maximum Gasteiger partial charge on any atom is 0.258 e. The van der Waals surface area contributed by atoms with Gasteiger partial charge in [0, 0.05) is 19.2 Å². The first-order chi connectivity index (χ1) is 14.4. The fourth-order valence-corrected chi connectivity index (χ4v) is 3.53. The zero-order chi connectivity index (χ0) is 21.7. The van der Waals surface area contributed by atoms with Crippen LogP contribution in [-0.4, -0.2) is 55.2 Å². The van der Waals surface area contributed by atoms with Crippen LogP contribution in [0.4, 0.5) is 4.39 Å². The quantitative estimate of drug-likeness (QED) is 0.723. The zero-order valence-electron chi connectivity index (χ0n) is 16.9. The van der Waals surface area contributed by atoms with Crippen LogP contribution in [0, 0.1) is 5.82 Å². The van der Waals surface area contributed by atoms with Crippen LogP contribution in [0.25, 0.3) is 0 Å². The lowest BCUT2D eigenvalue weighted by molar-refractivity contribution is -0.125. The Balaban J connectivity index is 1.66. The third-order valence-corrected chi connectivity index (χ3v) is 5.18. The van der Waals surface area contributed by atoms with Gasteiger partial charge in [-0.25, -0.2) is 4.39 Å². The summed E-state index contributed by atoms with van der Waals surface area (Å²) in [7, 11) is 2.99. The molecule has 0 radical (unpaired) electrons. The molecule has 0 aromatic heterocycles. The van der Waals surface area contributed by atoms with E-state index in [0.29, 0.717) is 42.0 Å². The molecule has 1 unspecified atom stereocenters. The monoisotopic (exact) mass is 416 g/mol. The molecule has 1 heterocycles. The molecule has 1 fully saturated rings. The van der Waals surface area contributed by atoms with Crippen LogP contribution in [0.2, 0.25) is 0 Å². The minimum Gasteiger partial charge on any atom is -0.497 e. The number of ether oxygens (including phenoxy) is 2. The van der Waals surface area contributed by atoms with Crippen LogP contribution in [0.1, 0.15) is 34.9 Å². The summed E-state index contributed by atoms with van der Waals surface area (Å²) >= 11 is 0. The molecule has 160 valence electrons. The summed E-state index contributed by atoms with van der Waals surface area (Å²) in [5.74, 6) is -0.101. The zero-order valence-corrected chi connectivity index (χ0v) is 16.9. The molecule has 2 aromatic carbocycles. The second-order valence-electron chi connectivity index (χ2n) is 7.04. The molecule has 1 aliphatic heterocycles. The summed E-state index contributed by atoms with van der Waals surface area (Å²) < 4.78 is 23.5. The lowest BCUT2D eigenvalue weighted by atomic mass is 10.1. The van der Waals surface area contributed by atoms with Crippen molar-refractivity contribution >= 4 is 11.8 Å². The van der Waals surface area contributed by atoms with Gasteiger partial charge < -0.3 is 24.8 Å². The van der Waals surface area contributed by atoms with Gasteiger partial charge in [0.2, 0.25) is 5.91 Å². The van der Waals surface area contributed by atoms with Gasteiger partial charge in [0.25, 0.3) is 5.91 Å². The van der Waals surface area contributed by atoms with E-state index in [4.69, 9.17) is 9.47 Å². The van der Waals surface area contributed by atoms with Gasteiger partial charge in [-0.1, -0.05) is 12.1 Å². The molecule has 0 bridgehead atoms. The molecule has 30 heavy (non-hydrogen) atoms. The Labute approximate surface area is 174 Å². The van der Waals surface area contributed by atoms with E-state index in [-0.39, 0.29) is 18.4 Å². The molecule has 1 saturated heterocycles. The number of hydrogen-bond donors (Lipinski definition) is 2. The molecule has 2 amide bonds. The fraction of sp³-hybridized carbons (Fsp3) is 0.364. The van der Waals surface area contributed by atoms with Crippen molar-refractivity contribution in [1.29, 1.82) is 0 Å². The van der Waals surface area contributed by atoms with Gasteiger partial charge in [-0.3, -0.25) is 9.59 Å². The number of benzene rings is 2. The Bertz CT molecular complexity index is 903. The lowest BCUT2D eigenvalue weighted by Crippen LogP contribution is -2.46. The van der Waals surface area contributed by atoms with Crippen molar-refractivity contribution < 1.29 is 28.6 Å². The minimum absolute atomic E-state index is 0.0329. The molecular formula is C22H25FN2O5. The Kier molecular flexibility index (Phi) is 6.89. The van der Waals surface area contributed by atoms with E-state index in [1.54, 1.807) is 18.2 Å². The Morgan fingerprint density at radius 2 is 1.93 bits per heavy atom. The topological polar surface area (TPSA) is 88.1 Å². The van der Waals surface area contributed by atoms with E-state index in [1.165, 1.54) is 43.4 Å². The minimum atomic E-state index is -0.971. The first-order valence-electron chi connectivity index (χ1n) is 9.69. The largest absolute Gasteiger partial charge is 0.497 e. The number of nitrogens with zero attached hydrogens (tertiary/aromatic N) is 1. The molecule has 0 saturated carbocycles. The van der Waals surface area contributed by atoms with Crippen molar-refractivity contribution in [2.75, 3.05) is 27.3 Å². The van der Waals surface area contributed by atoms with Gasteiger partial charge in [-0.2, -0.15) is 0 Å². The summed E-state index contributed by atoms with van der Waals surface area (Å²) in [4.78, 5) is 27.3. The molecule has 2 N–H and O–H groups in total. The van der Waals surface area contributed by atoms with E-state index in [9.17, 15) is 19.1 Å². The van der Waals surface area contributed by atoms with Gasteiger partial charge in [0.15, 0.2) is 0 Å². The number of halogens is 1. The number of likely N-dealkylation sites (tertiary alicyclic amines) is 1. The second kappa shape index (κ2) is 9.58. The number of aliphatic hydroxyl groups excluding tert-OH is 1. The standard InChI is InChI=1S/C22H25FN2O5/c1-29-16-9-10-17(20(12-16)30-2)22(28)25-11-3-4-18(25)21(27)24-13-19(26)14-5-7-15(23)8-6-14/h5-10,12,18-19,26H,3-4,11,13H2,1-2H3,(H,24,27)/t18?,19-/m1/s1. The van der Waals surface area contributed by atoms with Crippen molar-refractivity contribution in [3.63, 3.8) is 0 Å². The first-order valence-corrected chi connectivity index (χ1v) is 9.69. The predicted molar refractivity (Wildman–Crippen MR) is 108 cm³/mol. The molecule has 7 nitrogen and oxygen atoms in total. The fourth-order valence-electron chi connectivity index (χ4n) is 3.53. The molecule has 0 aliphatic carbocycles. The van der Waals surface area contributed by atoms with Gasteiger partial charge in [0.05, 0.1) is 25.9 Å². The summed E-state index contributed by atoms with van der Waals surface area (Å²) in [5, 5.41) is 12.9. The molecule has 2 aromatic rings. The van der Waals surface area contributed by atoms with Gasteiger partial charge >= 0.3 is 0 Å². The Morgan fingerprint density at radius 1 is 1.20 bits per heavy atom. The van der Waals surface area contributed by atoms with E-state index in [0.717, 1.165) is 0 Å². The van der Waals surface area contributed by atoms with Crippen LogP contribution < -0.4 is 14.8 Å². The SMILES string of the molecule is COc1ccc(C(=O)N2CCCC2C(=O)NC[C@@H](O)c2ccc(F)cc2)c(OC)c1. The highest BCUT2D eigenvalue weighted by atomic mass is 19.1. The van der Waals surface area contributed by atoms with Crippen molar-refractivity contribution in [2.45, 2.75) is 25.0 Å². The van der Waals surface area contributed by atoms with Crippen LogP contribution in [0.15, 0.2) is 42.5 Å². The summed E-state index contributed by atoms with van der Waals surface area (Å²) in [6.07, 6.45) is 0.257. The second-order valence-corrected chi connectivity index (χ2v) is 7.04.